The van der Waals surface area contributed by atoms with Crippen molar-refractivity contribution in [1.82, 2.24) is 25.1 Å². The highest BCUT2D eigenvalue weighted by atomic mass is 16.4. The van der Waals surface area contributed by atoms with Crippen molar-refractivity contribution in [3.63, 3.8) is 0 Å². The molecule has 4 heterocycles. The molecule has 0 bridgehead atoms. The molecule has 0 saturated carbocycles. The maximum Gasteiger partial charge on any atom is 0.322 e. The third kappa shape index (κ3) is 5.52. The van der Waals surface area contributed by atoms with E-state index < -0.39 is 5.92 Å². The molecular formula is C27H31N7O3. The minimum Gasteiger partial charge on any atom is -0.425 e. The monoisotopic (exact) mass is 501 g/mol. The number of hydrogen-bond donors (Lipinski definition) is 1. The van der Waals surface area contributed by atoms with Gasteiger partial charge in [-0.3, -0.25) is 9.78 Å². The molecule has 1 N–H and O–H groups in total. The molecule has 0 saturated heterocycles. The average molecular weight is 502 g/mol. The van der Waals surface area contributed by atoms with Crippen molar-refractivity contribution in [2.24, 2.45) is 5.10 Å². The molecule has 2 aromatic heterocycles. The van der Waals surface area contributed by atoms with Crippen LogP contribution in [0.25, 0.3) is 0 Å². The van der Waals surface area contributed by atoms with Crippen LogP contribution in [-0.2, 0) is 17.9 Å². The van der Waals surface area contributed by atoms with Crippen LogP contribution in [0.4, 0.5) is 10.5 Å². The number of carbonyl (C=O) groups is 2. The Balaban J connectivity index is 1.29. The van der Waals surface area contributed by atoms with E-state index in [4.69, 9.17) is 9.52 Å². The van der Waals surface area contributed by atoms with Crippen LogP contribution in [0.2, 0.25) is 0 Å². The Morgan fingerprint density at radius 1 is 1.08 bits per heavy atom. The number of urea groups is 1. The van der Waals surface area contributed by atoms with Crippen molar-refractivity contribution in [3.8, 4) is 0 Å². The molecule has 0 spiro atoms. The number of benzene rings is 1. The summed E-state index contributed by atoms with van der Waals surface area (Å²) in [4.78, 5) is 31.9. The van der Waals surface area contributed by atoms with E-state index in [-0.39, 0.29) is 11.9 Å². The number of aromatic nitrogens is 3. The summed E-state index contributed by atoms with van der Waals surface area (Å²) in [6, 6.07) is 9.33. The zero-order valence-electron chi connectivity index (χ0n) is 21.2. The first-order chi connectivity index (χ1) is 18.0. The summed E-state index contributed by atoms with van der Waals surface area (Å²) in [5.74, 6) is 0.0677. The maximum absolute atomic E-state index is 13.2. The topological polar surface area (TPSA) is 117 Å². The molecule has 1 atom stereocenters. The van der Waals surface area contributed by atoms with Crippen molar-refractivity contribution in [2.45, 2.75) is 65.0 Å². The van der Waals surface area contributed by atoms with Gasteiger partial charge in [-0.1, -0.05) is 38.3 Å². The predicted octanol–water partition coefficient (Wildman–Crippen LogP) is 4.62. The van der Waals surface area contributed by atoms with Crippen LogP contribution < -0.4 is 5.32 Å². The van der Waals surface area contributed by atoms with E-state index in [1.165, 1.54) is 0 Å². The van der Waals surface area contributed by atoms with Crippen LogP contribution in [0.1, 0.15) is 73.4 Å². The minimum atomic E-state index is -0.564. The first kappa shape index (κ1) is 24.6. The number of amides is 3. The van der Waals surface area contributed by atoms with Crippen LogP contribution in [0, 0.1) is 6.92 Å². The largest absolute Gasteiger partial charge is 0.425 e. The molecule has 37 heavy (non-hydrogen) atoms. The van der Waals surface area contributed by atoms with Crippen molar-refractivity contribution in [2.75, 3.05) is 11.9 Å². The van der Waals surface area contributed by atoms with Gasteiger partial charge < -0.3 is 14.6 Å². The van der Waals surface area contributed by atoms with E-state index in [9.17, 15) is 9.59 Å². The molecule has 0 radical (unpaired) electrons. The van der Waals surface area contributed by atoms with Crippen molar-refractivity contribution >= 4 is 23.3 Å². The second-order valence-corrected chi connectivity index (χ2v) is 9.49. The van der Waals surface area contributed by atoms with Gasteiger partial charge in [0.05, 0.1) is 5.71 Å². The molecule has 5 rings (SSSR count). The smallest absolute Gasteiger partial charge is 0.322 e. The summed E-state index contributed by atoms with van der Waals surface area (Å²) < 4.78 is 5.62. The number of pyridine rings is 1. The van der Waals surface area contributed by atoms with E-state index in [2.05, 4.69) is 27.4 Å². The Bertz CT molecular complexity index is 1280. The molecule has 3 aromatic rings. The predicted molar refractivity (Wildman–Crippen MR) is 138 cm³/mol. The lowest BCUT2D eigenvalue weighted by Gasteiger charge is -2.28. The number of hydrogen-bond acceptors (Lipinski definition) is 7. The summed E-state index contributed by atoms with van der Waals surface area (Å²) in [5, 5.41) is 17.3. The van der Waals surface area contributed by atoms with Gasteiger partial charge in [0.2, 0.25) is 11.8 Å². The van der Waals surface area contributed by atoms with Gasteiger partial charge in [0.1, 0.15) is 5.92 Å². The fourth-order valence-electron chi connectivity index (χ4n) is 4.68. The molecule has 1 unspecified atom stereocenters. The first-order valence-corrected chi connectivity index (χ1v) is 12.8. The lowest BCUT2D eigenvalue weighted by Crippen LogP contribution is -2.38. The van der Waals surface area contributed by atoms with Gasteiger partial charge in [-0.05, 0) is 41.3 Å². The zero-order chi connectivity index (χ0) is 25.8. The molecule has 0 fully saturated rings. The normalized spacial score (nSPS) is 17.1. The fraction of sp³-hybridized carbons (Fsp3) is 0.407. The highest BCUT2D eigenvalue weighted by Gasteiger charge is 2.36. The number of fused-ring (bicyclic) bond motifs is 1. The molecule has 10 nitrogen and oxygen atoms in total. The van der Waals surface area contributed by atoms with Gasteiger partial charge in [-0.25, -0.2) is 9.80 Å². The number of unbranched alkanes of at least 4 members (excludes halogenated alkanes) is 3. The van der Waals surface area contributed by atoms with Crippen LogP contribution in [0.15, 0.2) is 52.2 Å². The number of carbonyl (C=O) groups excluding carboxylic acids is 2. The third-order valence-electron chi connectivity index (χ3n) is 6.74. The van der Waals surface area contributed by atoms with Gasteiger partial charge in [0.15, 0.2) is 0 Å². The Labute approximate surface area is 215 Å². The van der Waals surface area contributed by atoms with Crippen molar-refractivity contribution in [3.05, 3.63) is 71.2 Å². The number of nitrogens with zero attached hydrogens (tertiary/aromatic N) is 6. The fourth-order valence-corrected chi connectivity index (χ4v) is 4.68. The van der Waals surface area contributed by atoms with E-state index >= 15 is 0 Å². The molecule has 2 aliphatic rings. The summed E-state index contributed by atoms with van der Waals surface area (Å²) in [7, 11) is 0. The van der Waals surface area contributed by atoms with E-state index in [1.54, 1.807) is 23.0 Å². The summed E-state index contributed by atoms with van der Waals surface area (Å²) >= 11 is 0. The van der Waals surface area contributed by atoms with Gasteiger partial charge in [-0.15, -0.1) is 10.2 Å². The number of rotatable bonds is 8. The maximum atomic E-state index is 13.2. The quantitative estimate of drug-likeness (QED) is 0.450. The second-order valence-electron chi connectivity index (χ2n) is 9.49. The van der Waals surface area contributed by atoms with Crippen LogP contribution in [-0.4, -0.2) is 49.3 Å². The Morgan fingerprint density at radius 2 is 1.89 bits per heavy atom. The van der Waals surface area contributed by atoms with Gasteiger partial charge in [0.25, 0.3) is 5.91 Å². The number of anilines is 1. The van der Waals surface area contributed by atoms with Gasteiger partial charge in [-0.2, -0.15) is 5.10 Å². The molecule has 2 aliphatic heterocycles. The third-order valence-corrected chi connectivity index (χ3v) is 6.74. The van der Waals surface area contributed by atoms with Crippen LogP contribution in [0.3, 0.4) is 0 Å². The Kier molecular flexibility index (Phi) is 7.25. The van der Waals surface area contributed by atoms with E-state index in [1.807, 2.05) is 36.5 Å². The van der Waals surface area contributed by atoms with E-state index in [0.717, 1.165) is 48.1 Å². The molecule has 3 amide bonds. The molecule has 0 aliphatic carbocycles. The lowest BCUT2D eigenvalue weighted by molar-refractivity contribution is -0.134. The van der Waals surface area contributed by atoms with Crippen LogP contribution >= 0.6 is 0 Å². The molecule has 192 valence electrons. The minimum absolute atomic E-state index is 0.116. The van der Waals surface area contributed by atoms with Crippen molar-refractivity contribution in [1.29, 1.82) is 0 Å². The van der Waals surface area contributed by atoms with Gasteiger partial charge in [0, 0.05) is 51.1 Å². The average Bonchev–Trinajstić information content (AvgIpc) is 3.54. The Morgan fingerprint density at radius 3 is 2.62 bits per heavy atom. The number of hydrazone groups is 1. The molecule has 10 heteroatoms. The number of aryl methyl sites for hydroxylation is 1. The lowest BCUT2D eigenvalue weighted by atomic mass is 9.94. The summed E-state index contributed by atoms with van der Waals surface area (Å²) in [6.45, 7) is 5.53. The summed E-state index contributed by atoms with van der Waals surface area (Å²) in [6.07, 6.45) is 8.10. The van der Waals surface area contributed by atoms with Crippen LogP contribution in [0.5, 0.6) is 0 Å². The second kappa shape index (κ2) is 10.9. The van der Waals surface area contributed by atoms with Gasteiger partial charge >= 0.3 is 6.03 Å². The highest BCUT2D eigenvalue weighted by molar-refractivity contribution is 6.06. The molecular weight excluding hydrogens is 470 g/mol. The molecule has 1 aromatic carbocycles. The standard InChI is InChI=1S/C27H31N7O3/c1-3-4-5-6-13-34-26(35)23(25-31-30-18(2)37-25)14-24(32-34)19-7-9-22(10-8-19)29-27(36)33-16-20-11-12-28-15-21(20)17-33/h7-12,15,23H,3-6,13-14,16-17H2,1-2H3,(H,29,36). The van der Waals surface area contributed by atoms with Crippen molar-refractivity contribution < 1.29 is 14.0 Å². The highest BCUT2D eigenvalue weighted by Crippen LogP contribution is 2.29. The van der Waals surface area contributed by atoms with E-state index in [0.29, 0.717) is 43.5 Å². The number of nitrogens with one attached hydrogen (secondary N) is 1. The Hall–Kier alpha value is -4.08. The first-order valence-electron chi connectivity index (χ1n) is 12.8. The zero-order valence-corrected chi connectivity index (χ0v) is 21.2. The SMILES string of the molecule is CCCCCCN1N=C(c2ccc(NC(=O)N3Cc4ccncc4C3)cc2)CC(c2nnc(C)o2)C1=O. The summed E-state index contributed by atoms with van der Waals surface area (Å²) in [5.41, 5.74) is 4.54.